The van der Waals surface area contributed by atoms with E-state index >= 15 is 0 Å². The molecule has 0 bridgehead atoms. The number of ether oxygens (including phenoxy) is 1. The van der Waals surface area contributed by atoms with Gasteiger partial charge in [0.25, 0.3) is 0 Å². The van der Waals surface area contributed by atoms with Crippen LogP contribution < -0.4 is 0 Å². The number of amides is 2. The summed E-state index contributed by atoms with van der Waals surface area (Å²) < 4.78 is 5.26. The lowest BCUT2D eigenvalue weighted by Gasteiger charge is -2.27. The van der Waals surface area contributed by atoms with E-state index in [4.69, 9.17) is 16.3 Å². The van der Waals surface area contributed by atoms with E-state index in [1.165, 1.54) is 0 Å². The maximum Gasteiger partial charge on any atom is 0.417 e. The number of carbonyl (C=O) groups is 2. The highest BCUT2D eigenvalue weighted by Gasteiger charge is 2.50. The number of hydrogen-bond acceptors (Lipinski definition) is 3. The quantitative estimate of drug-likeness (QED) is 0.774. The average Bonchev–Trinajstić information content (AvgIpc) is 2.58. The van der Waals surface area contributed by atoms with Crippen LogP contribution >= 0.6 is 11.6 Å². The van der Waals surface area contributed by atoms with Crippen molar-refractivity contribution in [1.82, 2.24) is 4.90 Å². The molecule has 0 saturated carbocycles. The molecule has 96 valence electrons. The van der Waals surface area contributed by atoms with Gasteiger partial charge in [-0.15, -0.1) is 11.6 Å². The van der Waals surface area contributed by atoms with Crippen LogP contribution in [0.1, 0.15) is 25.5 Å². The first kappa shape index (κ1) is 12.9. The van der Waals surface area contributed by atoms with E-state index in [-0.39, 0.29) is 5.88 Å². The van der Waals surface area contributed by atoms with Crippen LogP contribution in [0, 0.1) is 0 Å². The lowest BCUT2D eigenvalue weighted by atomic mass is 9.91. The number of carbonyl (C=O) groups excluding carboxylic acids is 2. The lowest BCUT2D eigenvalue weighted by Crippen LogP contribution is -2.38. The summed E-state index contributed by atoms with van der Waals surface area (Å²) >= 11 is 5.54. The zero-order chi connectivity index (χ0) is 13.3. The topological polar surface area (TPSA) is 46.6 Å². The molecule has 5 heteroatoms. The molecular weight excluding hydrogens is 254 g/mol. The predicted octanol–water partition coefficient (Wildman–Crippen LogP) is 2.72. The third-order valence-electron chi connectivity index (χ3n) is 2.96. The minimum absolute atomic E-state index is 0.242. The third-order valence-corrected chi connectivity index (χ3v) is 3.19. The number of cyclic esters (lactones) is 1. The average molecular weight is 268 g/mol. The molecule has 2 amide bonds. The fourth-order valence-electron chi connectivity index (χ4n) is 2.24. The maximum atomic E-state index is 11.8. The molecule has 0 unspecified atom stereocenters. The summed E-state index contributed by atoms with van der Waals surface area (Å²) in [6.07, 6.45) is -0.639. The Morgan fingerprint density at radius 3 is 2.56 bits per heavy atom. The molecule has 18 heavy (non-hydrogen) atoms. The summed E-state index contributed by atoms with van der Waals surface area (Å²) in [5, 5.41) is 0. The highest BCUT2D eigenvalue weighted by atomic mass is 35.5. The van der Waals surface area contributed by atoms with Crippen molar-refractivity contribution in [2.45, 2.75) is 25.5 Å². The largest absolute Gasteiger partial charge is 0.440 e. The molecule has 2 rings (SSSR count). The first-order chi connectivity index (χ1) is 8.47. The zero-order valence-corrected chi connectivity index (χ0v) is 11.0. The Labute approximate surface area is 110 Å². The lowest BCUT2D eigenvalue weighted by molar-refractivity contribution is -0.127. The van der Waals surface area contributed by atoms with Crippen LogP contribution in [-0.2, 0) is 9.53 Å². The van der Waals surface area contributed by atoms with Gasteiger partial charge in [-0.25, -0.2) is 9.69 Å². The molecule has 0 spiro atoms. The van der Waals surface area contributed by atoms with E-state index < -0.39 is 23.6 Å². The molecule has 1 aromatic rings. The van der Waals surface area contributed by atoms with Gasteiger partial charge in [0.1, 0.15) is 17.5 Å². The molecule has 1 aromatic carbocycles. The Kier molecular flexibility index (Phi) is 3.30. The Morgan fingerprint density at radius 1 is 1.39 bits per heavy atom. The first-order valence-corrected chi connectivity index (χ1v) is 6.17. The molecule has 0 N–H and O–H groups in total. The van der Waals surface area contributed by atoms with Crippen LogP contribution in [0.4, 0.5) is 4.79 Å². The van der Waals surface area contributed by atoms with Crippen molar-refractivity contribution in [2.24, 2.45) is 0 Å². The van der Waals surface area contributed by atoms with Crippen LogP contribution in [0.25, 0.3) is 0 Å². The van der Waals surface area contributed by atoms with Crippen LogP contribution in [0.2, 0.25) is 0 Å². The molecule has 1 heterocycles. The van der Waals surface area contributed by atoms with Crippen molar-refractivity contribution in [3.63, 3.8) is 0 Å². The van der Waals surface area contributed by atoms with E-state index in [2.05, 4.69) is 0 Å². The first-order valence-electron chi connectivity index (χ1n) is 5.63. The normalized spacial score (nSPS) is 21.8. The predicted molar refractivity (Wildman–Crippen MR) is 67.3 cm³/mol. The standard InChI is InChI=1S/C13H14ClNO3/c1-13(2)11(9-6-4-3-5-7-9)15(10(16)8-14)12(17)18-13/h3-7,11H,8H2,1-2H3/t11-/m1/s1. The van der Waals surface area contributed by atoms with Gasteiger partial charge in [0.15, 0.2) is 0 Å². The fourth-order valence-corrected chi connectivity index (χ4v) is 2.37. The summed E-state index contributed by atoms with van der Waals surface area (Å²) in [6, 6.07) is 8.88. The molecule has 1 aliphatic heterocycles. The summed E-state index contributed by atoms with van der Waals surface area (Å²) in [4.78, 5) is 24.7. The molecular formula is C13H14ClNO3. The second-order valence-electron chi connectivity index (χ2n) is 4.68. The van der Waals surface area contributed by atoms with Gasteiger partial charge in [-0.2, -0.15) is 0 Å². The SMILES string of the molecule is CC1(C)OC(=O)N(C(=O)CCl)[C@@H]1c1ccccc1. The van der Waals surface area contributed by atoms with Crippen molar-refractivity contribution in [1.29, 1.82) is 0 Å². The van der Waals surface area contributed by atoms with Crippen molar-refractivity contribution >= 4 is 23.6 Å². The zero-order valence-electron chi connectivity index (χ0n) is 10.2. The highest BCUT2D eigenvalue weighted by Crippen LogP contribution is 2.40. The van der Waals surface area contributed by atoms with Crippen molar-refractivity contribution in [3.05, 3.63) is 35.9 Å². The Morgan fingerprint density at radius 2 is 2.00 bits per heavy atom. The number of halogens is 1. The van der Waals surface area contributed by atoms with E-state index in [9.17, 15) is 9.59 Å². The van der Waals surface area contributed by atoms with Gasteiger partial charge >= 0.3 is 6.09 Å². The van der Waals surface area contributed by atoms with Gasteiger partial charge in [-0.05, 0) is 19.4 Å². The van der Waals surface area contributed by atoms with Crippen LogP contribution in [-0.4, -0.2) is 28.4 Å². The summed E-state index contributed by atoms with van der Waals surface area (Å²) in [6.45, 7) is 3.56. The fraction of sp³-hybridized carbons (Fsp3) is 0.385. The number of alkyl halides is 1. The van der Waals surface area contributed by atoms with E-state index in [0.717, 1.165) is 10.5 Å². The minimum Gasteiger partial charge on any atom is -0.440 e. The number of imide groups is 1. The highest BCUT2D eigenvalue weighted by molar-refractivity contribution is 6.28. The summed E-state index contributed by atoms with van der Waals surface area (Å²) in [5.41, 5.74) is 0.0898. The second-order valence-corrected chi connectivity index (χ2v) is 4.95. The van der Waals surface area contributed by atoms with Gasteiger partial charge in [-0.3, -0.25) is 4.79 Å². The van der Waals surface area contributed by atoms with Crippen LogP contribution in [0.5, 0.6) is 0 Å². The van der Waals surface area contributed by atoms with E-state index in [1.807, 2.05) is 30.3 Å². The third kappa shape index (κ3) is 2.08. The molecule has 4 nitrogen and oxygen atoms in total. The molecule has 1 saturated heterocycles. The molecule has 0 aromatic heterocycles. The van der Waals surface area contributed by atoms with E-state index in [1.54, 1.807) is 13.8 Å². The molecule has 1 fully saturated rings. The molecule has 0 radical (unpaired) electrons. The van der Waals surface area contributed by atoms with Crippen LogP contribution in [0.3, 0.4) is 0 Å². The summed E-state index contributed by atoms with van der Waals surface area (Å²) in [5.74, 6) is -0.685. The Bertz CT molecular complexity index is 472. The minimum atomic E-state index is -0.764. The monoisotopic (exact) mass is 267 g/mol. The molecule has 1 aliphatic rings. The van der Waals surface area contributed by atoms with Gasteiger partial charge in [-0.1, -0.05) is 30.3 Å². The van der Waals surface area contributed by atoms with Gasteiger partial charge in [0.05, 0.1) is 0 Å². The van der Waals surface area contributed by atoms with Gasteiger partial charge < -0.3 is 4.74 Å². The van der Waals surface area contributed by atoms with Gasteiger partial charge in [0, 0.05) is 0 Å². The Balaban J connectivity index is 2.45. The summed E-state index contributed by atoms with van der Waals surface area (Å²) in [7, 11) is 0. The van der Waals surface area contributed by atoms with E-state index in [0.29, 0.717) is 0 Å². The smallest absolute Gasteiger partial charge is 0.417 e. The van der Waals surface area contributed by atoms with Crippen molar-refractivity contribution in [2.75, 3.05) is 5.88 Å². The number of benzene rings is 1. The Hall–Kier alpha value is -1.55. The second kappa shape index (κ2) is 4.61. The maximum absolute atomic E-state index is 11.8. The van der Waals surface area contributed by atoms with Crippen molar-refractivity contribution < 1.29 is 14.3 Å². The number of hydrogen-bond donors (Lipinski definition) is 0. The molecule has 1 atom stereocenters. The van der Waals surface area contributed by atoms with Gasteiger partial charge in [0.2, 0.25) is 5.91 Å². The number of nitrogens with zero attached hydrogens (tertiary/aromatic N) is 1. The number of rotatable bonds is 2. The van der Waals surface area contributed by atoms with Crippen LogP contribution in [0.15, 0.2) is 30.3 Å². The molecule has 0 aliphatic carbocycles. The van der Waals surface area contributed by atoms with Crippen molar-refractivity contribution in [3.8, 4) is 0 Å².